The highest BCUT2D eigenvalue weighted by Crippen LogP contribution is 2.36. The van der Waals surface area contributed by atoms with Crippen LogP contribution in [0.4, 0.5) is 5.69 Å². The van der Waals surface area contributed by atoms with E-state index in [9.17, 15) is 0 Å². The minimum absolute atomic E-state index is 0.491. The molecule has 0 radical (unpaired) electrons. The number of fused-ring (bicyclic) bond motifs is 1. The Labute approximate surface area is 143 Å². The lowest BCUT2D eigenvalue weighted by Gasteiger charge is -2.15. The molecule has 3 aromatic rings. The number of H-pyrrole nitrogens is 1. The van der Waals surface area contributed by atoms with Crippen LogP contribution in [0.15, 0.2) is 36.9 Å². The maximum atomic E-state index is 7.41. The highest BCUT2D eigenvalue weighted by Gasteiger charge is 2.15. The van der Waals surface area contributed by atoms with Crippen LogP contribution in [0.5, 0.6) is 0 Å². The fraction of sp³-hybridized carbons (Fsp3) is 0.333. The van der Waals surface area contributed by atoms with Crippen molar-refractivity contribution >= 4 is 24.8 Å². The molecule has 0 bridgehead atoms. The lowest BCUT2D eigenvalue weighted by Crippen LogP contribution is -2.22. The van der Waals surface area contributed by atoms with Gasteiger partial charge in [-0.15, -0.1) is 0 Å². The van der Waals surface area contributed by atoms with Gasteiger partial charge in [-0.2, -0.15) is 0 Å². The standard InChI is InChI=1S/C18H22N4OSi/c1-19-16-12-21-18-15(17(16)14-5-7-20-11-14)6-8-22(18)13-23-9-10-24(2,3)4/h5-8,11-12,20H,9-10,13H2,2-4H3. The Morgan fingerprint density at radius 1 is 1.33 bits per heavy atom. The third kappa shape index (κ3) is 3.42. The number of hydrogen-bond donors (Lipinski definition) is 1. The number of pyridine rings is 1. The van der Waals surface area contributed by atoms with Gasteiger partial charge >= 0.3 is 0 Å². The molecule has 0 fully saturated rings. The van der Waals surface area contributed by atoms with Crippen molar-refractivity contribution in [2.75, 3.05) is 6.61 Å². The van der Waals surface area contributed by atoms with Crippen LogP contribution in [0.3, 0.4) is 0 Å². The maximum Gasteiger partial charge on any atom is 0.213 e. The van der Waals surface area contributed by atoms with Crippen LogP contribution in [0.25, 0.3) is 27.0 Å². The maximum absolute atomic E-state index is 7.41. The third-order valence-electron chi connectivity index (χ3n) is 4.00. The van der Waals surface area contributed by atoms with Gasteiger partial charge in [0.05, 0.1) is 6.57 Å². The lowest BCUT2D eigenvalue weighted by molar-refractivity contribution is 0.0899. The first-order valence-electron chi connectivity index (χ1n) is 8.06. The zero-order valence-corrected chi connectivity index (χ0v) is 15.3. The largest absolute Gasteiger partial charge is 0.367 e. The molecule has 0 aliphatic heterocycles. The van der Waals surface area contributed by atoms with Crippen molar-refractivity contribution in [3.63, 3.8) is 0 Å². The highest BCUT2D eigenvalue weighted by atomic mass is 28.3. The van der Waals surface area contributed by atoms with Crippen LogP contribution < -0.4 is 0 Å². The first kappa shape index (κ1) is 16.5. The Balaban J connectivity index is 1.88. The summed E-state index contributed by atoms with van der Waals surface area (Å²) < 4.78 is 7.84. The van der Waals surface area contributed by atoms with Crippen molar-refractivity contribution in [3.05, 3.63) is 48.3 Å². The second kappa shape index (κ2) is 6.63. The van der Waals surface area contributed by atoms with Gasteiger partial charge in [0.15, 0.2) is 0 Å². The van der Waals surface area contributed by atoms with E-state index in [1.54, 1.807) is 6.20 Å². The molecule has 1 N–H and O–H groups in total. The van der Waals surface area contributed by atoms with Gasteiger partial charge in [-0.1, -0.05) is 19.6 Å². The first-order chi connectivity index (χ1) is 11.5. The number of nitrogens with zero attached hydrogens (tertiary/aromatic N) is 3. The number of aromatic amines is 1. The SMILES string of the molecule is [C-]#[N+]c1cnc2c(ccn2COCC[Si](C)(C)C)c1-c1cc[nH]c1. The molecular formula is C18H22N4OSi. The smallest absolute Gasteiger partial charge is 0.213 e. The third-order valence-corrected chi connectivity index (χ3v) is 5.71. The Bertz CT molecular complexity index is 869. The van der Waals surface area contributed by atoms with Gasteiger partial charge in [-0.05, 0) is 23.7 Å². The van der Waals surface area contributed by atoms with Crippen LogP contribution >= 0.6 is 0 Å². The summed E-state index contributed by atoms with van der Waals surface area (Å²) in [5, 5.41) is 0.983. The van der Waals surface area contributed by atoms with Crippen LogP contribution in [0, 0.1) is 6.57 Å². The molecule has 0 unspecified atom stereocenters. The zero-order chi connectivity index (χ0) is 17.2. The van der Waals surface area contributed by atoms with E-state index in [0.717, 1.165) is 34.8 Å². The molecule has 3 aromatic heterocycles. The van der Waals surface area contributed by atoms with E-state index in [1.165, 1.54) is 0 Å². The summed E-state index contributed by atoms with van der Waals surface area (Å²) in [5.74, 6) is 0. The average molecular weight is 338 g/mol. The van der Waals surface area contributed by atoms with Crippen molar-refractivity contribution in [3.8, 4) is 11.1 Å². The summed E-state index contributed by atoms with van der Waals surface area (Å²) in [5.41, 5.74) is 3.36. The second-order valence-electron chi connectivity index (χ2n) is 7.10. The molecule has 0 atom stereocenters. The fourth-order valence-electron chi connectivity index (χ4n) is 2.64. The van der Waals surface area contributed by atoms with Gasteiger partial charge in [-0.25, -0.2) is 9.83 Å². The summed E-state index contributed by atoms with van der Waals surface area (Å²) in [6.45, 7) is 15.7. The predicted molar refractivity (Wildman–Crippen MR) is 99.9 cm³/mol. The van der Waals surface area contributed by atoms with E-state index in [0.29, 0.717) is 12.4 Å². The second-order valence-corrected chi connectivity index (χ2v) is 12.7. The molecule has 0 amide bonds. The average Bonchev–Trinajstić information content (AvgIpc) is 3.19. The van der Waals surface area contributed by atoms with Crippen LogP contribution in [-0.4, -0.2) is 29.2 Å². The minimum atomic E-state index is -1.08. The molecule has 0 aliphatic rings. The molecule has 0 saturated carbocycles. The molecule has 6 heteroatoms. The van der Waals surface area contributed by atoms with Crippen LogP contribution in [0.1, 0.15) is 0 Å². The first-order valence-corrected chi connectivity index (χ1v) is 11.8. The van der Waals surface area contributed by atoms with Gasteiger partial charge in [0.25, 0.3) is 0 Å². The molecule has 3 heterocycles. The van der Waals surface area contributed by atoms with E-state index in [4.69, 9.17) is 11.3 Å². The van der Waals surface area contributed by atoms with E-state index in [1.807, 2.05) is 35.3 Å². The topological polar surface area (TPSA) is 47.2 Å². The van der Waals surface area contributed by atoms with Gasteiger partial charge < -0.3 is 14.3 Å². The summed E-state index contributed by atoms with van der Waals surface area (Å²) >= 11 is 0. The molecule has 0 spiro atoms. The lowest BCUT2D eigenvalue weighted by atomic mass is 10.1. The summed E-state index contributed by atoms with van der Waals surface area (Å²) in [4.78, 5) is 11.2. The molecule has 0 aliphatic carbocycles. The van der Waals surface area contributed by atoms with E-state index < -0.39 is 8.07 Å². The number of ether oxygens (including phenoxy) is 1. The quantitative estimate of drug-likeness (QED) is 0.395. The van der Waals surface area contributed by atoms with E-state index in [2.05, 4.69) is 34.5 Å². The van der Waals surface area contributed by atoms with Crippen LogP contribution in [-0.2, 0) is 11.5 Å². The highest BCUT2D eigenvalue weighted by molar-refractivity contribution is 6.76. The minimum Gasteiger partial charge on any atom is -0.367 e. The monoisotopic (exact) mass is 338 g/mol. The van der Waals surface area contributed by atoms with Gasteiger partial charge in [-0.3, -0.25) is 0 Å². The molecule has 124 valence electrons. The molecule has 0 aromatic carbocycles. The summed E-state index contributed by atoms with van der Waals surface area (Å²) in [7, 11) is -1.08. The van der Waals surface area contributed by atoms with Crippen molar-refractivity contribution in [1.82, 2.24) is 14.5 Å². The zero-order valence-electron chi connectivity index (χ0n) is 14.3. The van der Waals surface area contributed by atoms with Crippen molar-refractivity contribution in [2.24, 2.45) is 0 Å². The molecule has 0 saturated heterocycles. The van der Waals surface area contributed by atoms with Crippen molar-refractivity contribution in [1.29, 1.82) is 0 Å². The van der Waals surface area contributed by atoms with Crippen molar-refractivity contribution in [2.45, 2.75) is 32.4 Å². The Morgan fingerprint density at radius 3 is 2.83 bits per heavy atom. The van der Waals surface area contributed by atoms with E-state index in [-0.39, 0.29) is 0 Å². The number of hydrogen-bond acceptors (Lipinski definition) is 2. The molecule has 5 nitrogen and oxygen atoms in total. The fourth-order valence-corrected chi connectivity index (χ4v) is 3.40. The molecule has 24 heavy (non-hydrogen) atoms. The number of rotatable bonds is 6. The van der Waals surface area contributed by atoms with Crippen molar-refractivity contribution < 1.29 is 4.74 Å². The normalized spacial score (nSPS) is 11.8. The van der Waals surface area contributed by atoms with Gasteiger partial charge in [0.2, 0.25) is 5.69 Å². The molecular weight excluding hydrogens is 316 g/mol. The number of nitrogens with one attached hydrogen (secondary N) is 1. The Kier molecular flexibility index (Phi) is 4.56. The van der Waals surface area contributed by atoms with Gasteiger partial charge in [0.1, 0.15) is 12.4 Å². The number of aromatic nitrogens is 3. The molecule has 3 rings (SSSR count). The van der Waals surface area contributed by atoms with Crippen LogP contribution in [0.2, 0.25) is 25.7 Å². The van der Waals surface area contributed by atoms with Gasteiger partial charge in [0, 0.05) is 50.4 Å². The summed E-state index contributed by atoms with van der Waals surface area (Å²) in [6, 6.07) is 5.14. The Morgan fingerprint density at radius 2 is 2.17 bits per heavy atom. The Hall–Kier alpha value is -2.36. The predicted octanol–water partition coefficient (Wildman–Crippen LogP) is 4.89. The van der Waals surface area contributed by atoms with E-state index >= 15 is 0 Å². The summed E-state index contributed by atoms with van der Waals surface area (Å²) in [6.07, 6.45) is 7.41.